The number of nitrogens with zero attached hydrogens (tertiary/aromatic N) is 1. The van der Waals surface area contributed by atoms with Crippen molar-refractivity contribution >= 4 is 11.7 Å². The molecule has 4 heteroatoms. The summed E-state index contributed by atoms with van der Waals surface area (Å²) in [5.74, 6) is 0.776. The van der Waals surface area contributed by atoms with E-state index in [9.17, 15) is 9.90 Å². The van der Waals surface area contributed by atoms with Crippen molar-refractivity contribution in [1.29, 1.82) is 0 Å². The molecular formula is C17H26N2O2. The summed E-state index contributed by atoms with van der Waals surface area (Å²) in [4.78, 5) is 14.2. The molecule has 2 rings (SSSR count). The Morgan fingerprint density at radius 2 is 2.14 bits per heavy atom. The second kappa shape index (κ2) is 7.46. The highest BCUT2D eigenvalue weighted by molar-refractivity contribution is 5.89. The number of hydrogen-bond acceptors (Lipinski definition) is 2. The lowest BCUT2D eigenvalue weighted by Crippen LogP contribution is -2.41. The second-order valence-electron chi connectivity index (χ2n) is 5.95. The van der Waals surface area contributed by atoms with E-state index in [-0.39, 0.29) is 6.03 Å². The van der Waals surface area contributed by atoms with Crippen LogP contribution in [-0.2, 0) is 0 Å². The summed E-state index contributed by atoms with van der Waals surface area (Å²) in [6.45, 7) is 5.62. The molecule has 116 valence electrons. The second-order valence-corrected chi connectivity index (χ2v) is 5.95. The van der Waals surface area contributed by atoms with Crippen LogP contribution in [0.2, 0.25) is 0 Å². The molecular weight excluding hydrogens is 264 g/mol. The van der Waals surface area contributed by atoms with E-state index < -0.39 is 6.10 Å². The lowest BCUT2D eigenvalue weighted by atomic mass is 9.93. The van der Waals surface area contributed by atoms with Crippen LogP contribution >= 0.6 is 0 Å². The van der Waals surface area contributed by atoms with E-state index in [1.807, 2.05) is 29.2 Å². The number of likely N-dealkylation sites (tertiary alicyclic amines) is 1. The Hall–Kier alpha value is -1.55. The topological polar surface area (TPSA) is 52.6 Å². The van der Waals surface area contributed by atoms with E-state index in [0.29, 0.717) is 0 Å². The lowest BCUT2D eigenvalue weighted by molar-refractivity contribution is 0.179. The van der Waals surface area contributed by atoms with Gasteiger partial charge in [0.2, 0.25) is 0 Å². The minimum Gasteiger partial charge on any atom is -0.389 e. The van der Waals surface area contributed by atoms with Crippen LogP contribution in [0.3, 0.4) is 0 Å². The molecule has 1 aromatic carbocycles. The Morgan fingerprint density at radius 1 is 1.43 bits per heavy atom. The van der Waals surface area contributed by atoms with Crippen LogP contribution in [0.5, 0.6) is 0 Å². The van der Waals surface area contributed by atoms with Crippen molar-refractivity contribution in [3.05, 3.63) is 29.8 Å². The first kappa shape index (κ1) is 15.8. The van der Waals surface area contributed by atoms with Crippen LogP contribution < -0.4 is 5.32 Å². The Labute approximate surface area is 127 Å². The molecule has 1 unspecified atom stereocenters. The van der Waals surface area contributed by atoms with Gasteiger partial charge in [0.1, 0.15) is 0 Å². The quantitative estimate of drug-likeness (QED) is 0.886. The van der Waals surface area contributed by atoms with Crippen LogP contribution in [0, 0.1) is 5.92 Å². The molecule has 4 nitrogen and oxygen atoms in total. The molecule has 2 N–H and O–H groups in total. The minimum atomic E-state index is -0.522. The van der Waals surface area contributed by atoms with Crippen molar-refractivity contribution in [3.8, 4) is 0 Å². The maximum Gasteiger partial charge on any atom is 0.321 e. The first-order valence-electron chi connectivity index (χ1n) is 7.94. The third kappa shape index (κ3) is 4.46. The maximum atomic E-state index is 12.3. The number of urea groups is 1. The molecule has 1 fully saturated rings. The van der Waals surface area contributed by atoms with Crippen LogP contribution in [0.4, 0.5) is 10.5 Å². The van der Waals surface area contributed by atoms with Gasteiger partial charge in [0.05, 0.1) is 6.10 Å². The summed E-state index contributed by atoms with van der Waals surface area (Å²) in [6, 6.07) is 7.36. The highest BCUT2D eigenvalue weighted by Gasteiger charge is 2.22. The largest absolute Gasteiger partial charge is 0.389 e. The number of carbonyl (C=O) groups excluding carboxylic acids is 1. The molecule has 1 heterocycles. The molecule has 0 radical (unpaired) electrons. The molecule has 0 aromatic heterocycles. The summed E-state index contributed by atoms with van der Waals surface area (Å²) in [5, 5.41) is 12.5. The van der Waals surface area contributed by atoms with Gasteiger partial charge in [-0.25, -0.2) is 4.79 Å². The fourth-order valence-electron chi connectivity index (χ4n) is 2.91. The van der Waals surface area contributed by atoms with Gasteiger partial charge in [-0.1, -0.05) is 31.9 Å². The number of nitrogens with one attached hydrogen (secondary N) is 1. The molecule has 21 heavy (non-hydrogen) atoms. The lowest BCUT2D eigenvalue weighted by Gasteiger charge is -2.32. The number of piperidine rings is 1. The molecule has 0 bridgehead atoms. The predicted octanol–water partition coefficient (Wildman–Crippen LogP) is 3.78. The van der Waals surface area contributed by atoms with Gasteiger partial charge in [-0.2, -0.15) is 0 Å². The molecule has 0 saturated carbocycles. The van der Waals surface area contributed by atoms with E-state index in [4.69, 9.17) is 0 Å². The fraction of sp³-hybridized carbons (Fsp3) is 0.588. The third-order valence-electron chi connectivity index (χ3n) is 4.22. The standard InChI is InChI=1S/C17H26N2O2/c1-3-5-14-8-10-19(11-9-14)17(21)18-16-7-4-6-15(12-16)13(2)20/h4,6-7,12-14,20H,3,5,8-11H2,1-2H3,(H,18,21). The Bertz CT molecular complexity index is 466. The molecule has 1 aliphatic heterocycles. The van der Waals surface area contributed by atoms with Gasteiger partial charge in [-0.15, -0.1) is 0 Å². The van der Waals surface area contributed by atoms with Gasteiger partial charge in [-0.3, -0.25) is 0 Å². The van der Waals surface area contributed by atoms with Crippen molar-refractivity contribution < 1.29 is 9.90 Å². The molecule has 0 aliphatic carbocycles. The normalized spacial score (nSPS) is 17.6. The molecule has 1 saturated heterocycles. The van der Waals surface area contributed by atoms with Crippen LogP contribution in [0.25, 0.3) is 0 Å². The summed E-state index contributed by atoms with van der Waals surface area (Å²) >= 11 is 0. The molecule has 1 atom stereocenters. The van der Waals surface area contributed by atoms with Crippen molar-refractivity contribution in [1.82, 2.24) is 4.90 Å². The monoisotopic (exact) mass is 290 g/mol. The summed E-state index contributed by atoms with van der Waals surface area (Å²) in [6.07, 6.45) is 4.19. The van der Waals surface area contributed by atoms with Gasteiger partial charge < -0.3 is 15.3 Å². The van der Waals surface area contributed by atoms with Crippen LogP contribution in [0.15, 0.2) is 24.3 Å². The highest BCUT2D eigenvalue weighted by Crippen LogP contribution is 2.23. The highest BCUT2D eigenvalue weighted by atomic mass is 16.3. The number of benzene rings is 1. The Kier molecular flexibility index (Phi) is 5.62. The molecule has 1 aromatic rings. The number of anilines is 1. The summed E-state index contributed by atoms with van der Waals surface area (Å²) in [5.41, 5.74) is 1.56. The third-order valence-corrected chi connectivity index (χ3v) is 4.22. The number of aliphatic hydroxyl groups excluding tert-OH is 1. The predicted molar refractivity (Wildman–Crippen MR) is 85.3 cm³/mol. The smallest absolute Gasteiger partial charge is 0.321 e. The first-order chi connectivity index (χ1) is 10.1. The van der Waals surface area contributed by atoms with E-state index >= 15 is 0 Å². The van der Waals surface area contributed by atoms with Crippen molar-refractivity contribution in [3.63, 3.8) is 0 Å². The van der Waals surface area contributed by atoms with Gasteiger partial charge in [0.15, 0.2) is 0 Å². The number of amides is 2. The van der Waals surface area contributed by atoms with Crippen molar-refractivity contribution in [2.24, 2.45) is 5.92 Å². The van der Waals surface area contributed by atoms with Crippen LogP contribution in [0.1, 0.15) is 51.2 Å². The summed E-state index contributed by atoms with van der Waals surface area (Å²) < 4.78 is 0. The van der Waals surface area contributed by atoms with Crippen LogP contribution in [-0.4, -0.2) is 29.1 Å². The van der Waals surface area contributed by atoms with Gasteiger partial charge in [0, 0.05) is 18.8 Å². The minimum absolute atomic E-state index is 0.0345. The van der Waals surface area contributed by atoms with Crippen molar-refractivity contribution in [2.75, 3.05) is 18.4 Å². The SMILES string of the molecule is CCCC1CCN(C(=O)Nc2cccc(C(C)O)c2)CC1. The maximum absolute atomic E-state index is 12.3. The van der Waals surface area contributed by atoms with E-state index in [0.717, 1.165) is 43.1 Å². The van der Waals surface area contributed by atoms with Gasteiger partial charge in [0.25, 0.3) is 0 Å². The van der Waals surface area contributed by atoms with Gasteiger partial charge >= 0.3 is 6.03 Å². The fourth-order valence-corrected chi connectivity index (χ4v) is 2.91. The summed E-state index contributed by atoms with van der Waals surface area (Å²) in [7, 11) is 0. The van der Waals surface area contributed by atoms with Crippen molar-refractivity contribution in [2.45, 2.75) is 45.6 Å². The van der Waals surface area contributed by atoms with E-state index in [2.05, 4.69) is 12.2 Å². The molecule has 2 amide bonds. The number of carbonyl (C=O) groups is 1. The van der Waals surface area contributed by atoms with E-state index in [1.54, 1.807) is 6.92 Å². The average Bonchev–Trinajstić information content (AvgIpc) is 2.48. The number of rotatable bonds is 4. The zero-order valence-corrected chi connectivity index (χ0v) is 13.0. The average molecular weight is 290 g/mol. The first-order valence-corrected chi connectivity index (χ1v) is 7.94. The van der Waals surface area contributed by atoms with E-state index in [1.165, 1.54) is 12.8 Å². The number of aliphatic hydroxyl groups is 1. The molecule has 1 aliphatic rings. The number of hydrogen-bond donors (Lipinski definition) is 2. The zero-order chi connectivity index (χ0) is 15.2. The Morgan fingerprint density at radius 3 is 2.76 bits per heavy atom. The Balaban J connectivity index is 1.89. The van der Waals surface area contributed by atoms with Gasteiger partial charge in [-0.05, 0) is 43.4 Å². The zero-order valence-electron chi connectivity index (χ0n) is 13.0. The molecule has 0 spiro atoms.